The molecular formula is C30H34N4O3. The molecule has 192 valence electrons. The number of hydrogen-bond acceptors (Lipinski definition) is 6. The van der Waals surface area contributed by atoms with Gasteiger partial charge in [0.05, 0.1) is 23.6 Å². The van der Waals surface area contributed by atoms with Crippen LogP contribution in [0.1, 0.15) is 40.7 Å². The highest BCUT2D eigenvalue weighted by molar-refractivity contribution is 6.24. The van der Waals surface area contributed by atoms with E-state index < -0.39 is 11.9 Å². The lowest BCUT2D eigenvalue weighted by molar-refractivity contribution is -0.115. The molecule has 1 heterocycles. The Labute approximate surface area is 218 Å². The van der Waals surface area contributed by atoms with E-state index in [1.54, 1.807) is 19.1 Å². The predicted octanol–water partition coefficient (Wildman–Crippen LogP) is 5.11. The second-order valence-electron chi connectivity index (χ2n) is 9.40. The molecule has 0 saturated heterocycles. The molecule has 1 aliphatic heterocycles. The second kappa shape index (κ2) is 11.8. The van der Waals surface area contributed by atoms with Crippen molar-refractivity contribution >= 4 is 34.7 Å². The Bertz CT molecular complexity index is 1270. The number of benzene rings is 3. The van der Waals surface area contributed by atoms with Crippen molar-refractivity contribution in [3.63, 3.8) is 0 Å². The van der Waals surface area contributed by atoms with Crippen LogP contribution >= 0.6 is 0 Å². The highest BCUT2D eigenvalue weighted by Gasteiger charge is 2.36. The van der Waals surface area contributed by atoms with Crippen molar-refractivity contribution in [2.75, 3.05) is 51.1 Å². The molecule has 7 heteroatoms. The number of fused-ring (bicyclic) bond motifs is 1. The Kier molecular flexibility index (Phi) is 8.36. The van der Waals surface area contributed by atoms with Gasteiger partial charge in [0.15, 0.2) is 0 Å². The van der Waals surface area contributed by atoms with Crippen LogP contribution in [0.4, 0.5) is 17.1 Å². The van der Waals surface area contributed by atoms with E-state index in [-0.39, 0.29) is 5.91 Å². The van der Waals surface area contributed by atoms with Gasteiger partial charge >= 0.3 is 5.97 Å². The minimum Gasteiger partial charge on any atom is -0.462 e. The van der Waals surface area contributed by atoms with Gasteiger partial charge in [-0.15, -0.1) is 0 Å². The molecule has 1 atom stereocenters. The van der Waals surface area contributed by atoms with Gasteiger partial charge in [0, 0.05) is 25.0 Å². The van der Waals surface area contributed by atoms with Gasteiger partial charge in [0.1, 0.15) is 5.92 Å². The molecule has 1 N–H and O–H groups in total. The summed E-state index contributed by atoms with van der Waals surface area (Å²) in [6.45, 7) is 4.06. The summed E-state index contributed by atoms with van der Waals surface area (Å²) < 4.78 is 5.11. The number of nitrogens with one attached hydrogen (secondary N) is 1. The Balaban J connectivity index is 1.65. The molecule has 0 aromatic heterocycles. The predicted molar refractivity (Wildman–Crippen MR) is 149 cm³/mol. The number of aliphatic imine (C=N–C) groups is 1. The molecule has 4 rings (SSSR count). The monoisotopic (exact) mass is 498 g/mol. The molecule has 0 saturated carbocycles. The fraction of sp³-hybridized carbons (Fsp3) is 0.300. The molecule has 37 heavy (non-hydrogen) atoms. The summed E-state index contributed by atoms with van der Waals surface area (Å²) in [5, 5.41) is 2.93. The molecule has 7 nitrogen and oxygen atoms in total. The fourth-order valence-corrected chi connectivity index (χ4v) is 4.45. The summed E-state index contributed by atoms with van der Waals surface area (Å²) in [5.74, 6) is -1.18. The number of hydrogen-bond donors (Lipinski definition) is 1. The quantitative estimate of drug-likeness (QED) is 0.311. The van der Waals surface area contributed by atoms with Crippen LogP contribution in [0, 0.1) is 0 Å². The van der Waals surface area contributed by atoms with E-state index in [0.29, 0.717) is 23.6 Å². The third kappa shape index (κ3) is 6.24. The molecule has 1 unspecified atom stereocenters. The van der Waals surface area contributed by atoms with Gasteiger partial charge in [-0.1, -0.05) is 36.4 Å². The first-order chi connectivity index (χ1) is 17.9. The second-order valence-corrected chi connectivity index (χ2v) is 9.40. The third-order valence-corrected chi connectivity index (χ3v) is 6.38. The highest BCUT2D eigenvalue weighted by Crippen LogP contribution is 2.37. The van der Waals surface area contributed by atoms with Crippen LogP contribution in [-0.4, -0.2) is 63.3 Å². The maximum atomic E-state index is 13.2. The number of nitrogens with zero attached hydrogens (tertiary/aromatic N) is 3. The van der Waals surface area contributed by atoms with Crippen molar-refractivity contribution in [1.29, 1.82) is 0 Å². The number of rotatable bonds is 10. The van der Waals surface area contributed by atoms with Crippen molar-refractivity contribution in [2.45, 2.75) is 19.3 Å². The standard InChI is InChI=1S/C30H34N4O3/c1-5-37-30(36)22-12-17-25-26(20-22)32-29(35)27(25)28(21-10-7-6-8-11-21)31-23-13-15-24(16-14-23)34(4)19-9-18-33(2)3/h6-8,10-17,20,27H,5,9,18-19H2,1-4H3,(H,32,35). The zero-order valence-electron chi connectivity index (χ0n) is 21.9. The van der Waals surface area contributed by atoms with Crippen LogP contribution in [0.5, 0.6) is 0 Å². The summed E-state index contributed by atoms with van der Waals surface area (Å²) >= 11 is 0. The summed E-state index contributed by atoms with van der Waals surface area (Å²) in [6.07, 6.45) is 1.08. The van der Waals surface area contributed by atoms with Crippen LogP contribution in [0.15, 0.2) is 77.8 Å². The van der Waals surface area contributed by atoms with E-state index >= 15 is 0 Å². The smallest absolute Gasteiger partial charge is 0.338 e. The van der Waals surface area contributed by atoms with Gasteiger partial charge in [-0.3, -0.25) is 9.79 Å². The number of carbonyl (C=O) groups excluding carboxylic acids is 2. The summed E-state index contributed by atoms with van der Waals surface area (Å²) in [7, 11) is 6.26. The Morgan fingerprint density at radius 3 is 2.35 bits per heavy atom. The number of anilines is 2. The van der Waals surface area contributed by atoms with Crippen molar-refractivity contribution in [3.8, 4) is 0 Å². The van der Waals surface area contributed by atoms with Crippen molar-refractivity contribution < 1.29 is 14.3 Å². The first-order valence-electron chi connectivity index (χ1n) is 12.6. The first kappa shape index (κ1) is 26.1. The maximum Gasteiger partial charge on any atom is 0.338 e. The molecule has 0 radical (unpaired) electrons. The van der Waals surface area contributed by atoms with Crippen LogP contribution in [0.25, 0.3) is 0 Å². The van der Waals surface area contributed by atoms with Gasteiger partial charge in [0.2, 0.25) is 5.91 Å². The van der Waals surface area contributed by atoms with Crippen molar-refractivity contribution in [1.82, 2.24) is 4.90 Å². The largest absolute Gasteiger partial charge is 0.462 e. The van der Waals surface area contributed by atoms with Crippen LogP contribution < -0.4 is 10.2 Å². The van der Waals surface area contributed by atoms with Crippen LogP contribution in [-0.2, 0) is 9.53 Å². The van der Waals surface area contributed by atoms with E-state index in [9.17, 15) is 9.59 Å². The zero-order valence-corrected chi connectivity index (χ0v) is 21.9. The SMILES string of the molecule is CCOC(=O)c1ccc2c(c1)NC(=O)C2C(=Nc1ccc(N(C)CCCN(C)C)cc1)c1ccccc1. The molecule has 3 aromatic carbocycles. The minimum absolute atomic E-state index is 0.171. The molecule has 3 aromatic rings. The number of amides is 1. The average Bonchev–Trinajstić information content (AvgIpc) is 3.22. The molecule has 1 aliphatic rings. The average molecular weight is 499 g/mol. The van der Waals surface area contributed by atoms with Gasteiger partial charge in [0.25, 0.3) is 0 Å². The summed E-state index contributed by atoms with van der Waals surface area (Å²) in [5.41, 5.74) is 5.23. The topological polar surface area (TPSA) is 74.2 Å². The van der Waals surface area contributed by atoms with E-state index in [0.717, 1.165) is 42.0 Å². The van der Waals surface area contributed by atoms with E-state index in [4.69, 9.17) is 9.73 Å². The molecule has 1 amide bonds. The highest BCUT2D eigenvalue weighted by atomic mass is 16.5. The molecule has 0 spiro atoms. The van der Waals surface area contributed by atoms with Gasteiger partial charge < -0.3 is 19.9 Å². The third-order valence-electron chi connectivity index (χ3n) is 6.38. The van der Waals surface area contributed by atoms with Crippen molar-refractivity contribution in [3.05, 3.63) is 89.5 Å². The molecule has 0 aliphatic carbocycles. The Morgan fingerprint density at radius 2 is 1.68 bits per heavy atom. The van der Waals surface area contributed by atoms with Crippen molar-refractivity contribution in [2.24, 2.45) is 4.99 Å². The first-order valence-corrected chi connectivity index (χ1v) is 12.6. The number of esters is 1. The van der Waals surface area contributed by atoms with E-state index in [2.05, 4.69) is 48.4 Å². The van der Waals surface area contributed by atoms with Gasteiger partial charge in [-0.05, 0) is 81.5 Å². The number of ether oxygens (including phenoxy) is 1. The lowest BCUT2D eigenvalue weighted by atomic mass is 9.90. The zero-order chi connectivity index (χ0) is 26.4. The van der Waals surface area contributed by atoms with E-state index in [1.807, 2.05) is 48.5 Å². The van der Waals surface area contributed by atoms with Crippen LogP contribution in [0.2, 0.25) is 0 Å². The molecule has 0 bridgehead atoms. The van der Waals surface area contributed by atoms with Gasteiger partial charge in [-0.2, -0.15) is 0 Å². The van der Waals surface area contributed by atoms with E-state index in [1.165, 1.54) is 0 Å². The Morgan fingerprint density at radius 1 is 0.946 bits per heavy atom. The normalized spacial score (nSPS) is 14.9. The summed E-state index contributed by atoms with van der Waals surface area (Å²) in [6, 6.07) is 23.0. The molecule has 0 fully saturated rings. The van der Waals surface area contributed by atoms with Crippen LogP contribution in [0.3, 0.4) is 0 Å². The summed E-state index contributed by atoms with van der Waals surface area (Å²) in [4.78, 5) is 34.8. The maximum absolute atomic E-state index is 13.2. The lowest BCUT2D eigenvalue weighted by Crippen LogP contribution is -2.23. The fourth-order valence-electron chi connectivity index (χ4n) is 4.45. The lowest BCUT2D eigenvalue weighted by Gasteiger charge is -2.20. The number of carbonyl (C=O) groups is 2. The molecular weight excluding hydrogens is 464 g/mol. The van der Waals surface area contributed by atoms with Gasteiger partial charge in [-0.25, -0.2) is 4.79 Å². The minimum atomic E-state index is -0.595. The Hall–Kier alpha value is -3.97.